The van der Waals surface area contributed by atoms with Crippen molar-refractivity contribution in [3.05, 3.63) is 35.9 Å². The Kier molecular flexibility index (Phi) is 6.28. The molecule has 1 rings (SSSR count). The molecule has 0 radical (unpaired) electrons. The summed E-state index contributed by atoms with van der Waals surface area (Å²) in [7, 11) is 0. The zero-order valence-corrected chi connectivity index (χ0v) is 11.0. The number of aliphatic carboxylic acids is 1. The van der Waals surface area contributed by atoms with E-state index in [9.17, 15) is 9.59 Å². The van der Waals surface area contributed by atoms with E-state index < -0.39 is 12.0 Å². The van der Waals surface area contributed by atoms with Crippen LogP contribution in [0.25, 0.3) is 0 Å². The highest BCUT2D eigenvalue weighted by Crippen LogP contribution is 2.28. The standard InChI is InChI=1S/C13H17NO3S/c1-10(11-5-3-2-4-6-11)18-8-7-12(13(16)17)14-9-15/h2-6,9-10,12H,7-8H2,1H3,(H,14,15)(H,16,17). The maximum atomic E-state index is 10.8. The first-order chi connectivity index (χ1) is 8.65. The topological polar surface area (TPSA) is 66.4 Å². The van der Waals surface area contributed by atoms with Crippen molar-refractivity contribution in [3.8, 4) is 0 Å². The van der Waals surface area contributed by atoms with Crippen LogP contribution >= 0.6 is 11.8 Å². The maximum Gasteiger partial charge on any atom is 0.326 e. The van der Waals surface area contributed by atoms with Crippen molar-refractivity contribution in [2.45, 2.75) is 24.6 Å². The van der Waals surface area contributed by atoms with E-state index >= 15 is 0 Å². The molecule has 0 aliphatic heterocycles. The van der Waals surface area contributed by atoms with Crippen LogP contribution in [0.5, 0.6) is 0 Å². The molecular weight excluding hydrogens is 250 g/mol. The Hall–Kier alpha value is -1.49. The molecule has 0 saturated heterocycles. The Labute approximate surface area is 111 Å². The molecule has 2 unspecified atom stereocenters. The smallest absolute Gasteiger partial charge is 0.326 e. The maximum absolute atomic E-state index is 10.8. The molecule has 1 amide bonds. The van der Waals surface area contributed by atoms with Gasteiger partial charge in [-0.25, -0.2) is 4.79 Å². The summed E-state index contributed by atoms with van der Waals surface area (Å²) in [5.74, 6) is -0.302. The van der Waals surface area contributed by atoms with Crippen molar-refractivity contribution in [1.82, 2.24) is 5.32 Å². The lowest BCUT2D eigenvalue weighted by molar-refractivity contribution is -0.140. The normalized spacial score (nSPS) is 13.6. The van der Waals surface area contributed by atoms with Crippen LogP contribution in [0.4, 0.5) is 0 Å². The summed E-state index contributed by atoms with van der Waals surface area (Å²) in [5, 5.41) is 11.5. The quantitative estimate of drug-likeness (QED) is 0.708. The molecule has 0 heterocycles. The van der Waals surface area contributed by atoms with Gasteiger partial charge in [0.1, 0.15) is 6.04 Å². The first-order valence-corrected chi connectivity index (χ1v) is 6.79. The summed E-state index contributed by atoms with van der Waals surface area (Å²) < 4.78 is 0. The molecule has 0 aromatic heterocycles. The van der Waals surface area contributed by atoms with Crippen molar-refractivity contribution >= 4 is 24.1 Å². The summed E-state index contributed by atoms with van der Waals surface area (Å²) in [4.78, 5) is 21.1. The zero-order valence-electron chi connectivity index (χ0n) is 10.2. The molecule has 18 heavy (non-hydrogen) atoms. The predicted molar refractivity (Wildman–Crippen MR) is 72.6 cm³/mol. The van der Waals surface area contributed by atoms with Gasteiger partial charge >= 0.3 is 5.97 Å². The number of carbonyl (C=O) groups is 2. The molecule has 1 aromatic rings. The van der Waals surface area contributed by atoms with E-state index in [2.05, 4.69) is 24.4 Å². The lowest BCUT2D eigenvalue weighted by Crippen LogP contribution is -2.36. The van der Waals surface area contributed by atoms with Crippen LogP contribution in [0.15, 0.2) is 30.3 Å². The van der Waals surface area contributed by atoms with Crippen molar-refractivity contribution < 1.29 is 14.7 Å². The van der Waals surface area contributed by atoms with Gasteiger partial charge in [-0.2, -0.15) is 11.8 Å². The third-order valence-corrected chi connectivity index (χ3v) is 3.85. The predicted octanol–water partition coefficient (Wildman–Crippen LogP) is 2.07. The Morgan fingerprint density at radius 3 is 2.67 bits per heavy atom. The van der Waals surface area contributed by atoms with E-state index in [4.69, 9.17) is 5.11 Å². The second kappa shape index (κ2) is 7.76. The third-order valence-electron chi connectivity index (χ3n) is 2.61. The fourth-order valence-electron chi connectivity index (χ4n) is 1.54. The molecule has 5 heteroatoms. The fourth-order valence-corrected chi connectivity index (χ4v) is 2.62. The van der Waals surface area contributed by atoms with Gasteiger partial charge in [0.2, 0.25) is 6.41 Å². The van der Waals surface area contributed by atoms with E-state index in [0.717, 1.165) is 0 Å². The summed E-state index contributed by atoms with van der Waals surface area (Å²) in [6.45, 7) is 2.09. The van der Waals surface area contributed by atoms with E-state index in [1.807, 2.05) is 18.2 Å². The van der Waals surface area contributed by atoms with Crippen molar-refractivity contribution in [2.75, 3.05) is 5.75 Å². The van der Waals surface area contributed by atoms with Crippen LogP contribution in [0.3, 0.4) is 0 Å². The number of carbonyl (C=O) groups excluding carboxylic acids is 1. The second-order valence-corrected chi connectivity index (χ2v) is 5.34. The molecule has 0 fully saturated rings. The SMILES string of the molecule is CC(SCCC(NC=O)C(=O)O)c1ccccc1. The molecule has 0 spiro atoms. The molecule has 0 aliphatic carbocycles. The Morgan fingerprint density at radius 1 is 1.44 bits per heavy atom. The highest BCUT2D eigenvalue weighted by atomic mass is 32.2. The fraction of sp³-hybridized carbons (Fsp3) is 0.385. The van der Waals surface area contributed by atoms with Crippen LogP contribution in [-0.4, -0.2) is 29.3 Å². The number of benzene rings is 1. The first-order valence-electron chi connectivity index (χ1n) is 5.74. The third kappa shape index (κ3) is 4.79. The minimum Gasteiger partial charge on any atom is -0.480 e. The lowest BCUT2D eigenvalue weighted by atomic mass is 10.2. The van der Waals surface area contributed by atoms with E-state index in [1.54, 1.807) is 11.8 Å². The summed E-state index contributed by atoms with van der Waals surface area (Å²) in [5.41, 5.74) is 1.22. The van der Waals surface area contributed by atoms with Gasteiger partial charge in [0.05, 0.1) is 0 Å². The van der Waals surface area contributed by atoms with E-state index in [0.29, 0.717) is 23.8 Å². The lowest BCUT2D eigenvalue weighted by Gasteiger charge is -2.14. The molecule has 0 bridgehead atoms. The zero-order chi connectivity index (χ0) is 13.4. The Bertz CT molecular complexity index is 383. The van der Waals surface area contributed by atoms with Crippen molar-refractivity contribution in [2.24, 2.45) is 0 Å². The van der Waals surface area contributed by atoms with Crippen molar-refractivity contribution in [3.63, 3.8) is 0 Å². The Balaban J connectivity index is 2.36. The van der Waals surface area contributed by atoms with Crippen molar-refractivity contribution in [1.29, 1.82) is 0 Å². The van der Waals surface area contributed by atoms with Gasteiger partial charge in [-0.3, -0.25) is 4.79 Å². The van der Waals surface area contributed by atoms with Crippen LogP contribution < -0.4 is 5.32 Å². The van der Waals surface area contributed by atoms with E-state index in [1.165, 1.54) is 5.56 Å². The van der Waals surface area contributed by atoms with Crippen LogP contribution in [0.1, 0.15) is 24.2 Å². The Morgan fingerprint density at radius 2 is 2.11 bits per heavy atom. The molecular formula is C13H17NO3S. The summed E-state index contributed by atoms with van der Waals surface area (Å²) >= 11 is 1.68. The number of nitrogens with one attached hydrogen (secondary N) is 1. The van der Waals surface area contributed by atoms with E-state index in [-0.39, 0.29) is 0 Å². The molecule has 0 saturated carbocycles. The molecule has 2 N–H and O–H groups in total. The summed E-state index contributed by atoms with van der Waals surface area (Å²) in [6.07, 6.45) is 0.861. The van der Waals surface area contributed by atoms with Gasteiger partial charge < -0.3 is 10.4 Å². The monoisotopic (exact) mass is 267 g/mol. The number of hydrogen-bond donors (Lipinski definition) is 2. The average molecular weight is 267 g/mol. The molecule has 2 atom stereocenters. The summed E-state index contributed by atoms with van der Waals surface area (Å²) in [6, 6.07) is 9.25. The number of amides is 1. The molecule has 0 aliphatic rings. The molecule has 98 valence electrons. The average Bonchev–Trinajstić information content (AvgIpc) is 2.38. The number of hydrogen-bond acceptors (Lipinski definition) is 3. The van der Waals surface area contributed by atoms with Gasteiger partial charge in [-0.15, -0.1) is 0 Å². The number of rotatable bonds is 8. The van der Waals surface area contributed by atoms with Gasteiger partial charge in [0, 0.05) is 5.25 Å². The first kappa shape index (κ1) is 14.6. The highest BCUT2D eigenvalue weighted by Gasteiger charge is 2.16. The molecule has 4 nitrogen and oxygen atoms in total. The number of carboxylic acid groups (broad SMARTS) is 1. The molecule has 1 aromatic carbocycles. The van der Waals surface area contributed by atoms with Gasteiger partial charge in [-0.1, -0.05) is 30.3 Å². The minimum atomic E-state index is -0.991. The second-order valence-electron chi connectivity index (χ2n) is 3.89. The van der Waals surface area contributed by atoms with Crippen LogP contribution in [-0.2, 0) is 9.59 Å². The van der Waals surface area contributed by atoms with Crippen LogP contribution in [0.2, 0.25) is 0 Å². The number of thioether (sulfide) groups is 1. The van der Waals surface area contributed by atoms with Crippen LogP contribution in [0, 0.1) is 0 Å². The van der Waals surface area contributed by atoms with Gasteiger partial charge in [0.25, 0.3) is 0 Å². The number of carboxylic acids is 1. The largest absolute Gasteiger partial charge is 0.480 e. The van der Waals surface area contributed by atoms with Gasteiger partial charge in [-0.05, 0) is 24.7 Å². The highest BCUT2D eigenvalue weighted by molar-refractivity contribution is 7.99. The minimum absolute atomic E-state index is 0.317. The van der Waals surface area contributed by atoms with Gasteiger partial charge in [0.15, 0.2) is 0 Å².